The van der Waals surface area contributed by atoms with Crippen molar-refractivity contribution in [1.29, 1.82) is 5.26 Å². The van der Waals surface area contributed by atoms with Gasteiger partial charge >= 0.3 is 5.97 Å². The minimum absolute atomic E-state index is 0.0514. The van der Waals surface area contributed by atoms with E-state index >= 15 is 0 Å². The van der Waals surface area contributed by atoms with Crippen LogP contribution in [0.4, 0.5) is 11.4 Å². The van der Waals surface area contributed by atoms with Crippen LogP contribution in [0.5, 0.6) is 5.75 Å². The second-order valence-electron chi connectivity index (χ2n) is 4.73. The van der Waals surface area contributed by atoms with Gasteiger partial charge in [0.15, 0.2) is 6.61 Å². The summed E-state index contributed by atoms with van der Waals surface area (Å²) in [5, 5.41) is 20.6. The number of ether oxygens (including phenoxy) is 1. The molecule has 1 aliphatic heterocycles. The van der Waals surface area contributed by atoms with Gasteiger partial charge < -0.3 is 15.2 Å². The van der Waals surface area contributed by atoms with Gasteiger partial charge in [-0.1, -0.05) is 6.92 Å². The summed E-state index contributed by atoms with van der Waals surface area (Å²) >= 11 is 0. The van der Waals surface area contributed by atoms with Crippen LogP contribution in [0, 0.1) is 17.2 Å². The number of nitriles is 1. The van der Waals surface area contributed by atoms with Crippen LogP contribution in [-0.4, -0.2) is 36.7 Å². The lowest BCUT2D eigenvalue weighted by Crippen LogP contribution is -2.39. The van der Waals surface area contributed by atoms with Crippen molar-refractivity contribution < 1.29 is 19.4 Å². The highest BCUT2D eigenvalue weighted by Gasteiger charge is 2.25. The maximum Gasteiger partial charge on any atom is 0.308 e. The fourth-order valence-corrected chi connectivity index (χ4v) is 1.91. The monoisotopic (exact) mass is 289 g/mol. The topological polar surface area (TPSA) is 103 Å². The number of amides is 1. The standard InChI is InChI=1S/C14H15N3O4/c1-9(14(19)20)7-16-10-2-3-12-11(6-10)17(5-4-15)13(18)8-21-12/h2-3,6,9,16H,5,7-8H2,1H3,(H,19,20). The number of nitrogens with one attached hydrogen (secondary N) is 1. The Morgan fingerprint density at radius 2 is 2.38 bits per heavy atom. The molecule has 0 saturated carbocycles. The summed E-state index contributed by atoms with van der Waals surface area (Å²) < 4.78 is 5.31. The number of fused-ring (bicyclic) bond motifs is 1. The molecule has 1 amide bonds. The molecule has 2 N–H and O–H groups in total. The summed E-state index contributed by atoms with van der Waals surface area (Å²) in [6, 6.07) is 7.06. The fourth-order valence-electron chi connectivity index (χ4n) is 1.91. The van der Waals surface area contributed by atoms with E-state index in [4.69, 9.17) is 15.1 Å². The molecule has 0 aliphatic carbocycles. The molecular formula is C14H15N3O4. The molecule has 1 aromatic carbocycles. The predicted molar refractivity (Wildman–Crippen MR) is 75.2 cm³/mol. The predicted octanol–water partition coefficient (Wildman–Crippen LogP) is 1.07. The van der Waals surface area contributed by atoms with Gasteiger partial charge in [0.25, 0.3) is 5.91 Å². The zero-order valence-corrected chi connectivity index (χ0v) is 11.5. The third-order valence-corrected chi connectivity index (χ3v) is 3.16. The van der Waals surface area contributed by atoms with Crippen LogP contribution in [0.2, 0.25) is 0 Å². The van der Waals surface area contributed by atoms with Crippen molar-refractivity contribution >= 4 is 23.3 Å². The number of carboxylic acid groups (broad SMARTS) is 1. The first-order valence-corrected chi connectivity index (χ1v) is 6.43. The average molecular weight is 289 g/mol. The highest BCUT2D eigenvalue weighted by atomic mass is 16.5. The number of anilines is 2. The minimum atomic E-state index is -0.884. The van der Waals surface area contributed by atoms with Crippen molar-refractivity contribution in [1.82, 2.24) is 0 Å². The molecule has 1 aliphatic rings. The number of carbonyl (C=O) groups excluding carboxylic acids is 1. The third-order valence-electron chi connectivity index (χ3n) is 3.16. The van der Waals surface area contributed by atoms with Crippen LogP contribution >= 0.6 is 0 Å². The molecule has 0 bridgehead atoms. The van der Waals surface area contributed by atoms with Crippen LogP contribution in [0.1, 0.15) is 6.92 Å². The Bertz CT molecular complexity index is 609. The van der Waals surface area contributed by atoms with Gasteiger partial charge in [-0.3, -0.25) is 14.5 Å². The van der Waals surface area contributed by atoms with Crippen molar-refractivity contribution in [2.45, 2.75) is 6.92 Å². The minimum Gasteiger partial charge on any atom is -0.482 e. The van der Waals surface area contributed by atoms with Crippen molar-refractivity contribution in [3.63, 3.8) is 0 Å². The van der Waals surface area contributed by atoms with Gasteiger partial charge in [-0.15, -0.1) is 0 Å². The van der Waals surface area contributed by atoms with E-state index < -0.39 is 11.9 Å². The van der Waals surface area contributed by atoms with Crippen molar-refractivity contribution in [2.75, 3.05) is 29.9 Å². The van der Waals surface area contributed by atoms with Gasteiger partial charge in [-0.05, 0) is 18.2 Å². The molecule has 0 aromatic heterocycles. The number of hydrogen-bond acceptors (Lipinski definition) is 5. The zero-order chi connectivity index (χ0) is 15.4. The summed E-state index contributed by atoms with van der Waals surface area (Å²) in [6.45, 7) is 1.73. The van der Waals surface area contributed by atoms with Crippen LogP contribution in [0.25, 0.3) is 0 Å². The lowest BCUT2D eigenvalue weighted by atomic mass is 10.1. The van der Waals surface area contributed by atoms with E-state index in [1.54, 1.807) is 25.1 Å². The van der Waals surface area contributed by atoms with Crippen molar-refractivity contribution in [3.05, 3.63) is 18.2 Å². The number of benzene rings is 1. The van der Waals surface area contributed by atoms with Crippen LogP contribution in [-0.2, 0) is 9.59 Å². The van der Waals surface area contributed by atoms with Gasteiger partial charge in [0.2, 0.25) is 0 Å². The molecule has 0 saturated heterocycles. The zero-order valence-electron chi connectivity index (χ0n) is 11.5. The fraction of sp³-hybridized carbons (Fsp3) is 0.357. The van der Waals surface area contributed by atoms with Gasteiger partial charge in [0.1, 0.15) is 12.3 Å². The van der Waals surface area contributed by atoms with Crippen molar-refractivity contribution in [2.24, 2.45) is 5.92 Å². The average Bonchev–Trinajstić information content (AvgIpc) is 2.47. The Hall–Kier alpha value is -2.75. The van der Waals surface area contributed by atoms with E-state index in [1.807, 2.05) is 6.07 Å². The molecule has 7 heteroatoms. The second kappa shape index (κ2) is 6.13. The number of hydrogen-bond donors (Lipinski definition) is 2. The van der Waals surface area contributed by atoms with E-state index in [0.29, 0.717) is 17.1 Å². The summed E-state index contributed by atoms with van der Waals surface area (Å²) in [7, 11) is 0. The maximum atomic E-state index is 11.8. The lowest BCUT2D eigenvalue weighted by Gasteiger charge is -2.28. The molecule has 1 aromatic rings. The Morgan fingerprint density at radius 1 is 1.62 bits per heavy atom. The molecule has 0 spiro atoms. The highest BCUT2D eigenvalue weighted by Crippen LogP contribution is 2.34. The molecule has 1 heterocycles. The maximum absolute atomic E-state index is 11.8. The Kier molecular flexibility index (Phi) is 4.28. The summed E-state index contributed by atoms with van der Waals surface area (Å²) in [6.07, 6.45) is 0. The van der Waals surface area contributed by atoms with E-state index in [2.05, 4.69) is 5.32 Å². The van der Waals surface area contributed by atoms with Gasteiger partial charge in [0.05, 0.1) is 17.7 Å². The van der Waals surface area contributed by atoms with Crippen LogP contribution in [0.3, 0.4) is 0 Å². The summed E-state index contributed by atoms with van der Waals surface area (Å²) in [4.78, 5) is 23.9. The molecule has 1 unspecified atom stereocenters. The molecule has 21 heavy (non-hydrogen) atoms. The van der Waals surface area contributed by atoms with E-state index in [9.17, 15) is 9.59 Å². The quantitative estimate of drug-likeness (QED) is 0.786. The van der Waals surface area contributed by atoms with E-state index in [1.165, 1.54) is 4.90 Å². The van der Waals surface area contributed by atoms with Gasteiger partial charge in [-0.2, -0.15) is 5.26 Å². The number of rotatable bonds is 5. The summed E-state index contributed by atoms with van der Waals surface area (Å²) in [5.41, 5.74) is 1.18. The number of carbonyl (C=O) groups is 2. The molecule has 7 nitrogen and oxygen atoms in total. The third kappa shape index (κ3) is 3.23. The van der Waals surface area contributed by atoms with Gasteiger partial charge in [-0.25, -0.2) is 0 Å². The summed E-state index contributed by atoms with van der Waals surface area (Å²) in [5.74, 6) is -1.17. The molecule has 110 valence electrons. The first-order valence-electron chi connectivity index (χ1n) is 6.43. The molecule has 0 radical (unpaired) electrons. The van der Waals surface area contributed by atoms with Crippen LogP contribution in [0.15, 0.2) is 18.2 Å². The van der Waals surface area contributed by atoms with Gasteiger partial charge in [0, 0.05) is 12.2 Å². The first-order chi connectivity index (χ1) is 10.0. The highest BCUT2D eigenvalue weighted by molar-refractivity contribution is 5.98. The molecular weight excluding hydrogens is 274 g/mol. The molecule has 1 atom stereocenters. The lowest BCUT2D eigenvalue weighted by molar-refractivity contribution is -0.140. The number of carboxylic acids is 1. The number of aliphatic carboxylic acids is 1. The normalized spacial score (nSPS) is 14.7. The Morgan fingerprint density at radius 3 is 3.05 bits per heavy atom. The molecule has 2 rings (SSSR count). The SMILES string of the molecule is CC(CNc1ccc2c(c1)N(CC#N)C(=O)CO2)C(=O)O. The first kappa shape index (κ1) is 14.7. The van der Waals surface area contributed by atoms with E-state index in [0.717, 1.165) is 0 Å². The Balaban J connectivity index is 2.19. The van der Waals surface area contributed by atoms with Crippen LogP contribution < -0.4 is 15.0 Å². The van der Waals surface area contributed by atoms with Crippen molar-refractivity contribution in [3.8, 4) is 11.8 Å². The van der Waals surface area contributed by atoms with E-state index in [-0.39, 0.29) is 25.6 Å². The Labute approximate surface area is 121 Å². The number of nitrogens with zero attached hydrogens (tertiary/aromatic N) is 2. The molecule has 0 fully saturated rings. The second-order valence-corrected chi connectivity index (χ2v) is 4.73. The largest absolute Gasteiger partial charge is 0.482 e. The smallest absolute Gasteiger partial charge is 0.308 e.